The number of fused-ring (bicyclic) bond motifs is 2. The van der Waals surface area contributed by atoms with Gasteiger partial charge in [0.2, 0.25) is 0 Å². The first-order chi connectivity index (χ1) is 23.8. The minimum absolute atomic E-state index is 0.0158. The van der Waals surface area contributed by atoms with E-state index in [0.29, 0.717) is 77.3 Å². The summed E-state index contributed by atoms with van der Waals surface area (Å²) in [7, 11) is 0. The second kappa shape index (κ2) is 20.2. The third-order valence-corrected chi connectivity index (χ3v) is 13.1. The van der Waals surface area contributed by atoms with Gasteiger partial charge in [-0.3, -0.25) is 4.41 Å². The Balaban J connectivity index is 1.13. The zero-order chi connectivity index (χ0) is 36.4. The van der Waals surface area contributed by atoms with E-state index in [1.54, 1.807) is 12.4 Å². The molecule has 4 aliphatic rings. The van der Waals surface area contributed by atoms with Crippen LogP contribution < -0.4 is 23.2 Å². The van der Waals surface area contributed by atoms with E-state index in [2.05, 4.69) is 34.6 Å². The molecule has 290 valence electrons. The van der Waals surface area contributed by atoms with Gasteiger partial charge in [0, 0.05) is 36.5 Å². The molecular weight excluding hydrogens is 657 g/mol. The van der Waals surface area contributed by atoms with Crippen LogP contribution in [-0.4, -0.2) is 83.1 Å². The first-order valence-electron chi connectivity index (χ1n) is 19.3. The second-order valence-electron chi connectivity index (χ2n) is 16.0. The summed E-state index contributed by atoms with van der Waals surface area (Å²) in [6, 6.07) is 0. The van der Waals surface area contributed by atoms with Crippen molar-refractivity contribution in [2.24, 2.45) is 76.4 Å². The van der Waals surface area contributed by atoms with E-state index in [0.717, 1.165) is 38.9 Å². The Morgan fingerprint density at radius 3 is 2.00 bits per heavy atom. The minimum Gasteiger partial charge on any atom is -0.399 e. The summed E-state index contributed by atoms with van der Waals surface area (Å²) in [5, 5.41) is 23.4. The van der Waals surface area contributed by atoms with Crippen molar-refractivity contribution in [3.63, 3.8) is 0 Å². The number of rotatable bonds is 16. The van der Waals surface area contributed by atoms with E-state index in [9.17, 15) is 10.2 Å². The number of hydrogen-bond acceptors (Lipinski definition) is 13. The number of nitrogens with two attached hydrogens (primary N) is 4. The summed E-state index contributed by atoms with van der Waals surface area (Å²) in [4.78, 5) is 0. The van der Waals surface area contributed by atoms with Gasteiger partial charge in [0.1, 0.15) is 0 Å². The van der Waals surface area contributed by atoms with E-state index in [-0.39, 0.29) is 25.0 Å². The average Bonchev–Trinajstić information content (AvgIpc) is 3.41. The number of aliphatic hydroxyl groups excluding tert-OH is 2. The summed E-state index contributed by atoms with van der Waals surface area (Å²) >= 11 is 1.34. The largest absolute Gasteiger partial charge is 0.399 e. The smallest absolute Gasteiger partial charge is 0.157 e. The maximum atomic E-state index is 11.0. The highest BCUT2D eigenvalue weighted by Gasteiger charge is 2.43. The van der Waals surface area contributed by atoms with Crippen LogP contribution >= 0.6 is 11.9 Å². The lowest BCUT2D eigenvalue weighted by molar-refractivity contribution is -0.152. The van der Waals surface area contributed by atoms with Gasteiger partial charge in [-0.1, -0.05) is 40.0 Å². The van der Waals surface area contributed by atoms with E-state index in [4.69, 9.17) is 42.1 Å². The Bertz CT molecular complexity index is 1070. The molecule has 12 nitrogen and oxygen atoms in total. The third kappa shape index (κ3) is 12.1. The second-order valence-corrected chi connectivity index (χ2v) is 17.1. The van der Waals surface area contributed by atoms with Crippen molar-refractivity contribution in [3.8, 4) is 0 Å². The standard InChI is InChI=1S/C37H70N6O6S/c1-23-9-13-33(35-22-47-25(3)11-14-31(23)35)27(5)37(45)48-19-29(38)17-42(40)15-16-50-43(41)18-30(39)20-49-36(44)26(4)32-8-6-7-28-12-10-24(2)46-21-34(28)32/h17-18,23-28,31-37,44-45H,6-16,19-22,38-41H2,1-5H3/b29-17-,30-18-/t23-,24?,25?,26?,27?,28?,31+,32?,33+,34?,35?,36+,37+/m1/s1. The predicted molar refractivity (Wildman–Crippen MR) is 199 cm³/mol. The Hall–Kier alpha value is -1.29. The molecule has 4 rings (SSSR count). The average molecular weight is 727 g/mol. The van der Waals surface area contributed by atoms with Gasteiger partial charge in [0.15, 0.2) is 12.6 Å². The van der Waals surface area contributed by atoms with Crippen LogP contribution in [0.2, 0.25) is 0 Å². The molecule has 0 bridgehead atoms. The number of hydrogen-bond donors (Lipinski definition) is 6. The van der Waals surface area contributed by atoms with E-state index in [1.165, 1.54) is 53.5 Å². The number of ether oxygens (including phenoxy) is 4. The molecule has 2 heterocycles. The van der Waals surface area contributed by atoms with E-state index < -0.39 is 12.6 Å². The fourth-order valence-electron chi connectivity index (χ4n) is 9.17. The van der Waals surface area contributed by atoms with Crippen LogP contribution in [0.15, 0.2) is 23.8 Å². The predicted octanol–water partition coefficient (Wildman–Crippen LogP) is 4.24. The highest BCUT2D eigenvalue weighted by molar-refractivity contribution is 7.97. The lowest BCUT2D eigenvalue weighted by atomic mass is 9.62. The molecule has 0 amide bonds. The molecule has 4 fully saturated rings. The van der Waals surface area contributed by atoms with Gasteiger partial charge in [0.25, 0.3) is 0 Å². The zero-order valence-electron chi connectivity index (χ0n) is 31.4. The molecule has 10 N–H and O–H groups in total. The maximum absolute atomic E-state index is 11.0. The van der Waals surface area contributed by atoms with Crippen LogP contribution in [0.1, 0.15) is 92.4 Å². The molecule has 13 heteroatoms. The van der Waals surface area contributed by atoms with Crippen LogP contribution in [0.25, 0.3) is 0 Å². The van der Waals surface area contributed by atoms with Crippen LogP contribution in [0, 0.1) is 53.3 Å². The van der Waals surface area contributed by atoms with Crippen molar-refractivity contribution < 1.29 is 29.2 Å². The quantitative estimate of drug-likeness (QED) is 0.0575. The highest BCUT2D eigenvalue weighted by atomic mass is 32.2. The molecule has 50 heavy (non-hydrogen) atoms. The van der Waals surface area contributed by atoms with Gasteiger partial charge in [-0.25, -0.2) is 11.7 Å². The van der Waals surface area contributed by atoms with Crippen molar-refractivity contribution in [1.29, 1.82) is 0 Å². The molecule has 0 spiro atoms. The van der Waals surface area contributed by atoms with E-state index in [1.807, 2.05) is 0 Å². The first kappa shape index (κ1) is 41.5. The van der Waals surface area contributed by atoms with Crippen molar-refractivity contribution >= 4 is 11.9 Å². The van der Waals surface area contributed by atoms with Crippen molar-refractivity contribution in [2.75, 3.05) is 38.7 Å². The first-order valence-corrected chi connectivity index (χ1v) is 20.2. The molecule has 2 aliphatic heterocycles. The summed E-state index contributed by atoms with van der Waals surface area (Å²) in [5.41, 5.74) is 13.2. The van der Waals surface area contributed by atoms with Crippen molar-refractivity contribution in [3.05, 3.63) is 23.8 Å². The molecule has 2 saturated carbocycles. The SMILES string of the molecule is CC1CCC2CCCC(C(C)[C@@H](O)OC/C(N)=C/N(N)SCCN(N)/C=C(\N)CO[C@H](O)C(C)[C@@H]3CC[C@@H](C)[C@@H]4CCC(C)OCC34)C2CO1. The maximum Gasteiger partial charge on any atom is 0.157 e. The summed E-state index contributed by atoms with van der Waals surface area (Å²) in [6.45, 7) is 13.0. The summed E-state index contributed by atoms with van der Waals surface area (Å²) in [5.74, 6) is 16.4. The molecular formula is C37H70N6O6S. The van der Waals surface area contributed by atoms with E-state index >= 15 is 0 Å². The lowest BCUT2D eigenvalue weighted by Gasteiger charge is -2.44. The number of aliphatic hydroxyl groups is 2. The van der Waals surface area contributed by atoms with Crippen molar-refractivity contribution in [1.82, 2.24) is 9.42 Å². The van der Waals surface area contributed by atoms with Crippen LogP contribution in [0.5, 0.6) is 0 Å². The minimum atomic E-state index is -0.917. The third-order valence-electron chi connectivity index (χ3n) is 12.4. The molecule has 8 unspecified atom stereocenters. The Morgan fingerprint density at radius 2 is 1.34 bits per heavy atom. The molecule has 13 atom stereocenters. The molecule has 0 aromatic carbocycles. The van der Waals surface area contributed by atoms with Gasteiger partial charge in [-0.05, 0) is 106 Å². The topological polar surface area (TPSA) is 188 Å². The molecule has 2 saturated heterocycles. The van der Waals surface area contributed by atoms with Gasteiger partial charge < -0.3 is 45.6 Å². The number of nitrogens with zero attached hydrogens (tertiary/aromatic N) is 2. The normalized spacial score (nSPS) is 35.1. The monoisotopic (exact) mass is 727 g/mol. The molecule has 0 aromatic heterocycles. The van der Waals surface area contributed by atoms with Crippen LogP contribution in [-0.2, 0) is 18.9 Å². The van der Waals surface area contributed by atoms with Gasteiger partial charge in [-0.15, -0.1) is 0 Å². The lowest BCUT2D eigenvalue weighted by Crippen LogP contribution is -2.42. The Morgan fingerprint density at radius 1 is 0.760 bits per heavy atom. The molecule has 0 radical (unpaired) electrons. The van der Waals surface area contributed by atoms with Crippen LogP contribution in [0.3, 0.4) is 0 Å². The fraction of sp³-hybridized carbons (Fsp3) is 0.892. The fourth-order valence-corrected chi connectivity index (χ4v) is 9.89. The molecule has 0 aromatic rings. The summed E-state index contributed by atoms with van der Waals surface area (Å²) < 4.78 is 25.3. The van der Waals surface area contributed by atoms with Crippen LogP contribution in [0.4, 0.5) is 0 Å². The van der Waals surface area contributed by atoms with Gasteiger partial charge >= 0.3 is 0 Å². The molecule has 2 aliphatic carbocycles. The zero-order valence-corrected chi connectivity index (χ0v) is 32.2. The van der Waals surface area contributed by atoms with Gasteiger partial charge in [0.05, 0.1) is 50.0 Å². The highest BCUT2D eigenvalue weighted by Crippen LogP contribution is 2.47. The Kier molecular flexibility index (Phi) is 16.8. The van der Waals surface area contributed by atoms with Crippen molar-refractivity contribution in [2.45, 2.75) is 117 Å². The van der Waals surface area contributed by atoms with Gasteiger partial charge in [-0.2, -0.15) is 0 Å². The Labute approximate surface area is 306 Å². The number of hydrazine groups is 2. The summed E-state index contributed by atoms with van der Waals surface area (Å²) in [6.07, 6.45) is 12.4.